The highest BCUT2D eigenvalue weighted by Crippen LogP contribution is 2.34. The predicted octanol–water partition coefficient (Wildman–Crippen LogP) is 3.69. The van der Waals surface area contributed by atoms with Crippen LogP contribution in [0.1, 0.15) is 49.2 Å². The fourth-order valence-corrected chi connectivity index (χ4v) is 5.71. The molecule has 9 nitrogen and oxygen atoms in total. The summed E-state index contributed by atoms with van der Waals surface area (Å²) in [5, 5.41) is 13.8. The number of benzene rings is 2. The van der Waals surface area contributed by atoms with E-state index >= 15 is 0 Å². The van der Waals surface area contributed by atoms with Crippen molar-refractivity contribution in [1.29, 1.82) is 0 Å². The largest absolute Gasteiger partial charge is 0.497 e. The number of fused-ring (bicyclic) bond motifs is 1. The van der Waals surface area contributed by atoms with E-state index in [2.05, 4.69) is 30.3 Å². The Morgan fingerprint density at radius 3 is 2.51 bits per heavy atom. The number of ether oxygens (including phenoxy) is 1. The van der Waals surface area contributed by atoms with Crippen LogP contribution in [-0.4, -0.2) is 63.4 Å². The Bertz CT molecular complexity index is 1440. The third-order valence-electron chi connectivity index (χ3n) is 7.68. The number of H-pyrrole nitrogens is 1. The number of methoxy groups -OCH3 is 1. The first-order valence-electron chi connectivity index (χ1n) is 12.8. The van der Waals surface area contributed by atoms with Crippen molar-refractivity contribution in [2.75, 3.05) is 38.2 Å². The number of hydrogen-bond donors (Lipinski definition) is 1. The van der Waals surface area contributed by atoms with Gasteiger partial charge in [-0.05, 0) is 71.8 Å². The van der Waals surface area contributed by atoms with Crippen LogP contribution in [0.4, 0.5) is 10.1 Å². The lowest BCUT2D eigenvalue weighted by Crippen LogP contribution is -2.49. The molecular formula is C27H30FN7O2. The van der Waals surface area contributed by atoms with Gasteiger partial charge in [0.15, 0.2) is 5.82 Å². The van der Waals surface area contributed by atoms with Gasteiger partial charge in [-0.1, -0.05) is 12.8 Å². The Kier molecular flexibility index (Phi) is 6.33. The third-order valence-corrected chi connectivity index (χ3v) is 7.68. The summed E-state index contributed by atoms with van der Waals surface area (Å²) in [6.07, 6.45) is 4.38. The number of piperazine rings is 1. The first-order chi connectivity index (χ1) is 18.1. The second kappa shape index (κ2) is 9.93. The zero-order chi connectivity index (χ0) is 25.4. The monoisotopic (exact) mass is 503 g/mol. The number of tetrazole rings is 1. The minimum absolute atomic E-state index is 0.149. The van der Waals surface area contributed by atoms with Gasteiger partial charge in [0, 0.05) is 48.3 Å². The summed E-state index contributed by atoms with van der Waals surface area (Å²) >= 11 is 0. The maximum absolute atomic E-state index is 13.5. The molecule has 0 radical (unpaired) electrons. The summed E-state index contributed by atoms with van der Waals surface area (Å²) in [6.45, 7) is 2.89. The number of anilines is 1. The first-order valence-corrected chi connectivity index (χ1v) is 12.8. The molecule has 37 heavy (non-hydrogen) atoms. The zero-order valence-electron chi connectivity index (χ0n) is 20.8. The maximum Gasteiger partial charge on any atom is 0.253 e. The lowest BCUT2D eigenvalue weighted by molar-refractivity contribution is 0.197. The average molecular weight is 504 g/mol. The van der Waals surface area contributed by atoms with Crippen LogP contribution in [0.5, 0.6) is 5.75 Å². The minimum Gasteiger partial charge on any atom is -0.497 e. The number of pyridine rings is 1. The topological polar surface area (TPSA) is 92.2 Å². The van der Waals surface area contributed by atoms with E-state index in [1.807, 2.05) is 41.1 Å². The van der Waals surface area contributed by atoms with Gasteiger partial charge in [0.1, 0.15) is 17.6 Å². The van der Waals surface area contributed by atoms with E-state index < -0.39 is 6.04 Å². The number of rotatable bonds is 6. The van der Waals surface area contributed by atoms with Crippen molar-refractivity contribution in [2.45, 2.75) is 37.8 Å². The molecule has 1 saturated heterocycles. The van der Waals surface area contributed by atoms with Crippen LogP contribution in [0.2, 0.25) is 0 Å². The zero-order valence-corrected chi connectivity index (χ0v) is 20.8. The molecule has 0 spiro atoms. The number of nitrogens with zero attached hydrogens (tertiary/aromatic N) is 6. The summed E-state index contributed by atoms with van der Waals surface area (Å²) in [7, 11) is 1.63. The van der Waals surface area contributed by atoms with Gasteiger partial charge in [-0.25, -0.2) is 9.07 Å². The molecule has 1 atom stereocenters. The van der Waals surface area contributed by atoms with Gasteiger partial charge in [-0.2, -0.15) is 0 Å². The van der Waals surface area contributed by atoms with Crippen LogP contribution in [-0.2, 0) is 0 Å². The SMILES string of the molecule is COc1ccc2[nH]c(=O)c([C@@H](c3nnnn3C3CCCC3)N3CCN(c4ccc(F)cc4)CC3)cc2c1. The summed E-state index contributed by atoms with van der Waals surface area (Å²) in [6, 6.07) is 14.0. The highest BCUT2D eigenvalue weighted by Gasteiger charge is 2.34. The molecule has 1 N–H and O–H groups in total. The number of aromatic amines is 1. The molecule has 0 unspecified atom stereocenters. The van der Waals surface area contributed by atoms with Gasteiger partial charge >= 0.3 is 0 Å². The quantitative estimate of drug-likeness (QED) is 0.429. The highest BCUT2D eigenvalue weighted by atomic mass is 19.1. The molecule has 0 amide bonds. The van der Waals surface area contributed by atoms with Crippen LogP contribution >= 0.6 is 0 Å². The van der Waals surface area contributed by atoms with Crippen LogP contribution in [0.25, 0.3) is 10.9 Å². The molecule has 1 saturated carbocycles. The lowest BCUT2D eigenvalue weighted by atomic mass is 10.0. The molecule has 1 aliphatic heterocycles. The molecule has 2 fully saturated rings. The van der Waals surface area contributed by atoms with E-state index in [9.17, 15) is 9.18 Å². The van der Waals surface area contributed by atoms with Gasteiger partial charge in [0.25, 0.3) is 5.56 Å². The summed E-state index contributed by atoms with van der Waals surface area (Å²) in [5.74, 6) is 1.19. The van der Waals surface area contributed by atoms with Crippen LogP contribution in [0.3, 0.4) is 0 Å². The number of halogens is 1. The Balaban J connectivity index is 1.39. The maximum atomic E-state index is 13.5. The summed E-state index contributed by atoms with van der Waals surface area (Å²) < 4.78 is 20.8. The molecule has 0 bridgehead atoms. The number of nitrogens with one attached hydrogen (secondary N) is 1. The van der Waals surface area contributed by atoms with E-state index in [1.165, 1.54) is 12.1 Å². The molecule has 2 aromatic heterocycles. The van der Waals surface area contributed by atoms with Crippen LogP contribution in [0.15, 0.2) is 53.3 Å². The molecule has 1 aliphatic carbocycles. The summed E-state index contributed by atoms with van der Waals surface area (Å²) in [5.41, 5.74) is 2.21. The normalized spacial score (nSPS) is 17.9. The molecule has 4 aromatic rings. The fraction of sp³-hybridized carbons (Fsp3) is 0.407. The van der Waals surface area contributed by atoms with Gasteiger partial charge < -0.3 is 14.6 Å². The predicted molar refractivity (Wildman–Crippen MR) is 138 cm³/mol. The third kappa shape index (κ3) is 4.57. The van der Waals surface area contributed by atoms with Crippen molar-refractivity contribution in [3.8, 4) is 5.75 Å². The van der Waals surface area contributed by atoms with Crippen LogP contribution in [0, 0.1) is 5.82 Å². The molecule has 6 rings (SSSR count). The van der Waals surface area contributed by atoms with Gasteiger partial charge in [-0.15, -0.1) is 5.10 Å². The number of aromatic nitrogens is 5. The Morgan fingerprint density at radius 1 is 1.03 bits per heavy atom. The Morgan fingerprint density at radius 2 is 1.78 bits per heavy atom. The minimum atomic E-state index is -0.398. The van der Waals surface area contributed by atoms with Crippen molar-refractivity contribution in [3.05, 3.63) is 76.1 Å². The van der Waals surface area contributed by atoms with Crippen molar-refractivity contribution in [3.63, 3.8) is 0 Å². The summed E-state index contributed by atoms with van der Waals surface area (Å²) in [4.78, 5) is 21.1. The lowest BCUT2D eigenvalue weighted by Gasteiger charge is -2.39. The van der Waals surface area contributed by atoms with Crippen molar-refractivity contribution in [1.82, 2.24) is 30.1 Å². The first kappa shape index (κ1) is 23.6. The van der Waals surface area contributed by atoms with Crippen molar-refractivity contribution in [2.24, 2.45) is 0 Å². The Labute approximate surface area is 213 Å². The van der Waals surface area contributed by atoms with E-state index in [1.54, 1.807) is 7.11 Å². The van der Waals surface area contributed by atoms with Crippen molar-refractivity contribution >= 4 is 16.6 Å². The number of hydrogen-bond acceptors (Lipinski definition) is 7. The fourth-order valence-electron chi connectivity index (χ4n) is 5.71. The second-order valence-electron chi connectivity index (χ2n) is 9.83. The molecular weight excluding hydrogens is 473 g/mol. The van der Waals surface area contributed by atoms with Crippen molar-refractivity contribution < 1.29 is 9.13 Å². The molecule has 2 aliphatic rings. The molecule has 3 heterocycles. The average Bonchev–Trinajstić information content (AvgIpc) is 3.62. The smallest absolute Gasteiger partial charge is 0.253 e. The van der Waals surface area contributed by atoms with Crippen LogP contribution < -0.4 is 15.2 Å². The van der Waals surface area contributed by atoms with E-state index in [0.29, 0.717) is 24.5 Å². The van der Waals surface area contributed by atoms with Gasteiger partial charge in [-0.3, -0.25) is 9.69 Å². The van der Waals surface area contributed by atoms with Gasteiger partial charge in [0.2, 0.25) is 0 Å². The second-order valence-corrected chi connectivity index (χ2v) is 9.83. The Hall–Kier alpha value is -3.79. The molecule has 192 valence electrons. The highest BCUT2D eigenvalue weighted by molar-refractivity contribution is 5.80. The molecule has 10 heteroatoms. The van der Waals surface area contributed by atoms with E-state index in [4.69, 9.17) is 4.74 Å². The molecule has 2 aromatic carbocycles. The standard InChI is InChI=1S/C27H30FN7O2/c1-37-22-10-11-24-18(16-22)17-23(27(36)29-24)25(26-30-31-32-35(26)21-4-2-3-5-21)34-14-12-33(13-15-34)20-8-6-19(28)7-9-20/h6-11,16-17,21,25H,2-5,12-15H2,1H3,(H,29,36)/t25-/m0/s1. The van der Waals surface area contributed by atoms with E-state index in [-0.39, 0.29) is 17.4 Å². The van der Waals surface area contributed by atoms with Gasteiger partial charge in [0.05, 0.1) is 13.2 Å². The van der Waals surface area contributed by atoms with E-state index in [0.717, 1.165) is 61.1 Å².